The fraction of sp³-hybridized carbons (Fsp3) is 0.150. The van der Waals surface area contributed by atoms with E-state index in [2.05, 4.69) is 16.7 Å². The maximum Gasteiger partial charge on any atom is 0.254 e. The van der Waals surface area contributed by atoms with Gasteiger partial charge in [0, 0.05) is 11.4 Å². The summed E-state index contributed by atoms with van der Waals surface area (Å²) >= 11 is 1.08. The molecule has 9 heteroatoms. The van der Waals surface area contributed by atoms with Crippen LogP contribution in [0.5, 0.6) is 0 Å². The lowest BCUT2D eigenvalue weighted by Gasteiger charge is -2.28. The molecule has 148 valence electrons. The first kappa shape index (κ1) is 20.2. The van der Waals surface area contributed by atoms with E-state index < -0.39 is 23.5 Å². The van der Waals surface area contributed by atoms with E-state index in [0.29, 0.717) is 22.2 Å². The van der Waals surface area contributed by atoms with Crippen LogP contribution in [0.1, 0.15) is 18.6 Å². The quantitative estimate of drug-likeness (QED) is 0.671. The fourth-order valence-electron chi connectivity index (χ4n) is 2.94. The number of anilines is 1. The minimum atomic E-state index is -0.771. The summed E-state index contributed by atoms with van der Waals surface area (Å²) in [5.41, 5.74) is 6.64. The fourth-order valence-corrected chi connectivity index (χ4v) is 3.77. The van der Waals surface area contributed by atoms with E-state index in [4.69, 9.17) is 10.2 Å². The lowest BCUT2D eigenvalue weighted by molar-refractivity contribution is -0.115. The largest absolute Gasteiger partial charge is 0.468 e. The van der Waals surface area contributed by atoms with Crippen LogP contribution in [0, 0.1) is 17.1 Å². The molecule has 4 N–H and O–H groups in total. The van der Waals surface area contributed by atoms with E-state index in [1.54, 1.807) is 19.1 Å². The van der Waals surface area contributed by atoms with E-state index in [-0.39, 0.29) is 16.9 Å². The number of carbonyl (C=O) groups excluding carboxylic acids is 2. The van der Waals surface area contributed by atoms with Gasteiger partial charge < -0.3 is 20.8 Å². The number of thioether (sulfide) groups is 1. The number of furan rings is 1. The van der Waals surface area contributed by atoms with Crippen molar-refractivity contribution < 1.29 is 18.4 Å². The number of hydrogen-bond donors (Lipinski definition) is 3. The van der Waals surface area contributed by atoms with E-state index in [9.17, 15) is 19.2 Å². The van der Waals surface area contributed by atoms with Crippen molar-refractivity contribution in [2.75, 3.05) is 11.1 Å². The summed E-state index contributed by atoms with van der Waals surface area (Å²) in [6.07, 6.45) is 1.45. The highest BCUT2D eigenvalue weighted by Gasteiger charge is 2.36. The molecule has 1 aromatic carbocycles. The molecule has 0 unspecified atom stereocenters. The van der Waals surface area contributed by atoms with E-state index in [1.807, 2.05) is 0 Å². The molecule has 0 saturated carbocycles. The second-order valence-electron chi connectivity index (χ2n) is 6.18. The number of nitriles is 1. The highest BCUT2D eigenvalue weighted by Crippen LogP contribution is 2.41. The van der Waals surface area contributed by atoms with Crippen LogP contribution in [0.15, 0.2) is 69.0 Å². The first-order chi connectivity index (χ1) is 13.9. The van der Waals surface area contributed by atoms with Crippen LogP contribution < -0.4 is 16.4 Å². The number of rotatable bonds is 6. The molecule has 1 atom stereocenters. The predicted molar refractivity (Wildman–Crippen MR) is 107 cm³/mol. The molecule has 1 aromatic heterocycles. The van der Waals surface area contributed by atoms with Crippen LogP contribution >= 0.6 is 11.8 Å². The summed E-state index contributed by atoms with van der Waals surface area (Å²) in [5, 5.41) is 16.0. The maximum absolute atomic E-state index is 13.1. The average Bonchev–Trinajstić information content (AvgIpc) is 3.21. The van der Waals surface area contributed by atoms with Gasteiger partial charge in [-0.05, 0) is 43.3 Å². The number of nitrogens with one attached hydrogen (secondary N) is 2. The SMILES string of the molecule is CC1=C(C(=O)Nc2ccc(F)cc2)[C@@H](c2ccco2)C(C#N)=C(SCC(N)=O)N1. The summed E-state index contributed by atoms with van der Waals surface area (Å²) in [6.45, 7) is 1.69. The molecule has 0 bridgehead atoms. The number of benzene rings is 1. The standard InChI is InChI=1S/C20H17FN4O3S/c1-11-17(19(27)25-13-6-4-12(21)5-7-13)18(15-3-2-8-28-15)14(9-22)20(24-11)29-10-16(23)26/h2-8,18,24H,10H2,1H3,(H2,23,26)(H,25,27)/t18-/m1/s1. The van der Waals surface area contributed by atoms with Crippen molar-refractivity contribution in [3.8, 4) is 6.07 Å². The van der Waals surface area contributed by atoms with Gasteiger partial charge in [-0.1, -0.05) is 11.8 Å². The molecule has 0 fully saturated rings. The van der Waals surface area contributed by atoms with Crippen LogP contribution in [-0.4, -0.2) is 17.6 Å². The van der Waals surface area contributed by atoms with Gasteiger partial charge in [-0.2, -0.15) is 5.26 Å². The maximum atomic E-state index is 13.1. The number of nitrogens with two attached hydrogens (primary N) is 1. The van der Waals surface area contributed by atoms with Gasteiger partial charge in [0.2, 0.25) is 5.91 Å². The number of allylic oxidation sites excluding steroid dienone is 2. The number of primary amides is 1. The number of halogens is 1. The monoisotopic (exact) mass is 412 g/mol. The van der Waals surface area contributed by atoms with Crippen LogP contribution in [0.25, 0.3) is 0 Å². The van der Waals surface area contributed by atoms with Gasteiger partial charge in [0.05, 0.1) is 40.2 Å². The minimum absolute atomic E-state index is 0.0250. The van der Waals surface area contributed by atoms with Crippen LogP contribution in [0.3, 0.4) is 0 Å². The average molecular weight is 412 g/mol. The van der Waals surface area contributed by atoms with Gasteiger partial charge in [0.25, 0.3) is 5.91 Å². The molecule has 1 aliphatic heterocycles. The van der Waals surface area contributed by atoms with Crippen molar-refractivity contribution in [2.45, 2.75) is 12.8 Å². The second-order valence-corrected chi connectivity index (χ2v) is 7.17. The summed E-state index contributed by atoms with van der Waals surface area (Å²) < 4.78 is 18.6. The number of hydrogen-bond acceptors (Lipinski definition) is 6. The van der Waals surface area contributed by atoms with E-state index >= 15 is 0 Å². The Hall–Kier alpha value is -3.51. The zero-order valence-electron chi connectivity index (χ0n) is 15.4. The van der Waals surface area contributed by atoms with E-state index in [1.165, 1.54) is 30.5 Å². The molecule has 0 aliphatic carbocycles. The zero-order chi connectivity index (χ0) is 21.0. The molecule has 1 aliphatic rings. The number of nitrogens with zero attached hydrogens (tertiary/aromatic N) is 1. The third-order valence-electron chi connectivity index (χ3n) is 4.18. The van der Waals surface area contributed by atoms with Gasteiger partial charge in [0.15, 0.2) is 0 Å². The van der Waals surface area contributed by atoms with Crippen molar-refractivity contribution in [1.82, 2.24) is 5.32 Å². The number of dihydropyridines is 1. The van der Waals surface area contributed by atoms with Crippen molar-refractivity contribution in [3.05, 3.63) is 76.1 Å². The molecule has 3 rings (SSSR count). The highest BCUT2D eigenvalue weighted by atomic mass is 32.2. The first-order valence-electron chi connectivity index (χ1n) is 8.54. The van der Waals surface area contributed by atoms with Crippen LogP contribution in [-0.2, 0) is 9.59 Å². The predicted octanol–water partition coefficient (Wildman–Crippen LogP) is 2.97. The van der Waals surface area contributed by atoms with Crippen molar-refractivity contribution in [1.29, 1.82) is 5.26 Å². The lowest BCUT2D eigenvalue weighted by atomic mass is 9.85. The Bertz CT molecular complexity index is 1040. The third-order valence-corrected chi connectivity index (χ3v) is 5.22. The summed E-state index contributed by atoms with van der Waals surface area (Å²) in [5.74, 6) is -1.80. The summed E-state index contributed by atoms with van der Waals surface area (Å²) in [7, 11) is 0. The third kappa shape index (κ3) is 4.50. The molecule has 0 spiro atoms. The Morgan fingerprint density at radius 3 is 2.66 bits per heavy atom. The Morgan fingerprint density at radius 1 is 1.34 bits per heavy atom. The Balaban J connectivity index is 1.99. The molecule has 2 heterocycles. The molecule has 0 radical (unpaired) electrons. The zero-order valence-corrected chi connectivity index (χ0v) is 16.2. The molecule has 0 saturated heterocycles. The number of carbonyl (C=O) groups is 2. The molecule has 7 nitrogen and oxygen atoms in total. The van der Waals surface area contributed by atoms with Crippen LogP contribution in [0.4, 0.5) is 10.1 Å². The highest BCUT2D eigenvalue weighted by molar-refractivity contribution is 8.03. The first-order valence-corrected chi connectivity index (χ1v) is 9.52. The molecule has 2 aromatic rings. The molecular weight excluding hydrogens is 395 g/mol. The lowest BCUT2D eigenvalue weighted by Crippen LogP contribution is -2.31. The minimum Gasteiger partial charge on any atom is -0.468 e. The Kier molecular flexibility index (Phi) is 6.04. The van der Waals surface area contributed by atoms with Gasteiger partial charge in [-0.3, -0.25) is 9.59 Å². The topological polar surface area (TPSA) is 121 Å². The van der Waals surface area contributed by atoms with E-state index in [0.717, 1.165) is 11.8 Å². The van der Waals surface area contributed by atoms with Gasteiger partial charge in [-0.25, -0.2) is 4.39 Å². The summed E-state index contributed by atoms with van der Waals surface area (Å²) in [4.78, 5) is 24.2. The van der Waals surface area contributed by atoms with Crippen molar-refractivity contribution in [2.24, 2.45) is 5.73 Å². The Labute approximate surface area is 170 Å². The molecule has 2 amide bonds. The van der Waals surface area contributed by atoms with Crippen molar-refractivity contribution in [3.63, 3.8) is 0 Å². The number of amides is 2. The molecular formula is C20H17FN4O3S. The van der Waals surface area contributed by atoms with Gasteiger partial charge >= 0.3 is 0 Å². The Morgan fingerprint density at radius 2 is 2.07 bits per heavy atom. The summed E-state index contributed by atoms with van der Waals surface area (Å²) in [6, 6.07) is 10.8. The molecule has 29 heavy (non-hydrogen) atoms. The van der Waals surface area contributed by atoms with Gasteiger partial charge in [0.1, 0.15) is 11.6 Å². The van der Waals surface area contributed by atoms with Crippen molar-refractivity contribution >= 4 is 29.3 Å². The normalized spacial score (nSPS) is 16.2. The van der Waals surface area contributed by atoms with Gasteiger partial charge in [-0.15, -0.1) is 0 Å². The smallest absolute Gasteiger partial charge is 0.254 e. The van der Waals surface area contributed by atoms with Crippen LogP contribution in [0.2, 0.25) is 0 Å². The second kappa shape index (κ2) is 8.67.